The smallest absolute Gasteiger partial charge is 0.325 e. The van der Waals surface area contributed by atoms with Gasteiger partial charge in [0.05, 0.1) is 0 Å². The van der Waals surface area contributed by atoms with Crippen molar-refractivity contribution in [2.75, 3.05) is 0 Å². The van der Waals surface area contributed by atoms with E-state index < -0.39 is 17.9 Å². The van der Waals surface area contributed by atoms with Crippen LogP contribution in [0.4, 0.5) is 0 Å². The number of carbonyl (C=O) groups is 2. The van der Waals surface area contributed by atoms with Crippen molar-refractivity contribution in [1.29, 1.82) is 0 Å². The average Bonchev–Trinajstić information content (AvgIpc) is 2.93. The molecule has 128 valence electrons. The second kappa shape index (κ2) is 6.82. The fraction of sp³-hybridized carbons (Fsp3) is 0.412. The van der Waals surface area contributed by atoms with Crippen molar-refractivity contribution >= 4 is 11.9 Å². The maximum absolute atomic E-state index is 12.1. The first kappa shape index (κ1) is 17.7. The summed E-state index contributed by atoms with van der Waals surface area (Å²) in [6.45, 7) is 7.63. The summed E-state index contributed by atoms with van der Waals surface area (Å²) in [4.78, 5) is 27.3. The lowest BCUT2D eigenvalue weighted by atomic mass is 9.92. The lowest BCUT2D eigenvalue weighted by Gasteiger charge is -2.13. The van der Waals surface area contributed by atoms with Gasteiger partial charge >= 0.3 is 5.97 Å². The first-order valence-electron chi connectivity index (χ1n) is 7.62. The SMILES string of the molecule is C[C@@H](NC(=O)c1cccc(-c2noc(CC(C)(C)C)n2)c1)C(=O)O. The number of hydrogen-bond donors (Lipinski definition) is 2. The molecule has 7 nitrogen and oxygen atoms in total. The highest BCUT2D eigenvalue weighted by molar-refractivity contribution is 5.97. The zero-order valence-corrected chi connectivity index (χ0v) is 14.2. The van der Waals surface area contributed by atoms with E-state index in [4.69, 9.17) is 9.63 Å². The molecule has 0 bridgehead atoms. The number of hydrogen-bond acceptors (Lipinski definition) is 5. The van der Waals surface area contributed by atoms with Gasteiger partial charge in [0.2, 0.25) is 11.7 Å². The first-order chi connectivity index (χ1) is 11.2. The van der Waals surface area contributed by atoms with Gasteiger partial charge in [-0.3, -0.25) is 9.59 Å². The minimum Gasteiger partial charge on any atom is -0.480 e. The largest absolute Gasteiger partial charge is 0.480 e. The molecule has 2 rings (SSSR count). The standard InChI is InChI=1S/C17H21N3O4/c1-10(16(22)23)18-15(21)12-7-5-6-11(8-12)14-19-13(24-20-14)9-17(2,3)4/h5-8,10H,9H2,1-4H3,(H,18,21)(H,22,23)/t10-/m1/s1. The molecule has 1 heterocycles. The Morgan fingerprint density at radius 2 is 2.04 bits per heavy atom. The van der Waals surface area contributed by atoms with E-state index in [1.54, 1.807) is 24.3 Å². The maximum atomic E-state index is 12.1. The van der Waals surface area contributed by atoms with Gasteiger partial charge in [0, 0.05) is 17.5 Å². The van der Waals surface area contributed by atoms with Crippen LogP contribution in [-0.2, 0) is 11.2 Å². The van der Waals surface area contributed by atoms with Gasteiger partial charge in [0.1, 0.15) is 6.04 Å². The van der Waals surface area contributed by atoms with E-state index in [2.05, 4.69) is 36.2 Å². The minimum atomic E-state index is -1.09. The molecule has 24 heavy (non-hydrogen) atoms. The van der Waals surface area contributed by atoms with Gasteiger partial charge in [-0.1, -0.05) is 38.1 Å². The number of aromatic nitrogens is 2. The normalized spacial score (nSPS) is 12.7. The summed E-state index contributed by atoms with van der Waals surface area (Å²) in [5.74, 6) is -0.628. The predicted octanol–water partition coefficient (Wildman–Crippen LogP) is 2.53. The van der Waals surface area contributed by atoms with E-state index in [-0.39, 0.29) is 5.41 Å². The Morgan fingerprint density at radius 1 is 1.33 bits per heavy atom. The number of nitrogens with zero attached hydrogens (tertiary/aromatic N) is 2. The molecule has 0 aliphatic heterocycles. The number of rotatable bonds is 5. The summed E-state index contributed by atoms with van der Waals surface area (Å²) in [5, 5.41) is 15.2. The van der Waals surface area contributed by atoms with Crippen molar-refractivity contribution < 1.29 is 19.2 Å². The van der Waals surface area contributed by atoms with Crippen LogP contribution in [0.2, 0.25) is 0 Å². The van der Waals surface area contributed by atoms with Crippen molar-refractivity contribution in [3.8, 4) is 11.4 Å². The molecule has 0 saturated carbocycles. The molecule has 0 spiro atoms. The van der Waals surface area contributed by atoms with E-state index in [0.717, 1.165) is 0 Å². The van der Waals surface area contributed by atoms with Crippen LogP contribution in [0.5, 0.6) is 0 Å². The summed E-state index contributed by atoms with van der Waals surface area (Å²) in [6.07, 6.45) is 0.649. The molecule has 1 aromatic carbocycles. The molecule has 2 aromatic rings. The van der Waals surface area contributed by atoms with Crippen LogP contribution in [0.1, 0.15) is 43.9 Å². The highest BCUT2D eigenvalue weighted by Gasteiger charge is 2.19. The highest BCUT2D eigenvalue weighted by Crippen LogP contribution is 2.22. The molecule has 0 radical (unpaired) electrons. The third-order valence-electron chi connectivity index (χ3n) is 3.25. The van der Waals surface area contributed by atoms with Crippen LogP contribution in [-0.4, -0.2) is 33.2 Å². The summed E-state index contributed by atoms with van der Waals surface area (Å²) in [5.41, 5.74) is 0.996. The van der Waals surface area contributed by atoms with Crippen molar-refractivity contribution in [3.05, 3.63) is 35.7 Å². The molecule has 1 aromatic heterocycles. The lowest BCUT2D eigenvalue weighted by molar-refractivity contribution is -0.138. The number of carbonyl (C=O) groups excluding carboxylic acids is 1. The number of aliphatic carboxylic acids is 1. The fourth-order valence-corrected chi connectivity index (χ4v) is 2.04. The van der Waals surface area contributed by atoms with Crippen LogP contribution in [0.3, 0.4) is 0 Å². The van der Waals surface area contributed by atoms with Crippen LogP contribution in [0.15, 0.2) is 28.8 Å². The lowest BCUT2D eigenvalue weighted by Crippen LogP contribution is -2.38. The van der Waals surface area contributed by atoms with E-state index in [0.29, 0.717) is 29.3 Å². The van der Waals surface area contributed by atoms with E-state index in [9.17, 15) is 9.59 Å². The molecule has 1 atom stereocenters. The van der Waals surface area contributed by atoms with Gasteiger partial charge in [-0.25, -0.2) is 0 Å². The molecule has 7 heteroatoms. The number of benzene rings is 1. The zero-order valence-electron chi connectivity index (χ0n) is 14.2. The van der Waals surface area contributed by atoms with E-state index in [1.165, 1.54) is 6.92 Å². The van der Waals surface area contributed by atoms with Gasteiger partial charge in [-0.2, -0.15) is 4.98 Å². The molecular formula is C17H21N3O4. The summed E-state index contributed by atoms with van der Waals surface area (Å²) < 4.78 is 5.25. The number of carboxylic acid groups (broad SMARTS) is 1. The Balaban J connectivity index is 2.18. The molecule has 1 amide bonds. The van der Waals surface area contributed by atoms with Gasteiger partial charge in [0.25, 0.3) is 5.91 Å². The van der Waals surface area contributed by atoms with Gasteiger partial charge in [-0.15, -0.1) is 0 Å². The Bertz CT molecular complexity index is 746. The summed E-state index contributed by atoms with van der Waals surface area (Å²) in [6, 6.07) is 5.70. The third kappa shape index (κ3) is 4.65. The molecule has 2 N–H and O–H groups in total. The van der Waals surface area contributed by atoms with Gasteiger partial charge < -0.3 is 14.9 Å². The Kier molecular flexibility index (Phi) is 5.02. The highest BCUT2D eigenvalue weighted by atomic mass is 16.5. The van der Waals surface area contributed by atoms with Crippen molar-refractivity contribution in [2.45, 2.75) is 40.2 Å². The summed E-state index contributed by atoms with van der Waals surface area (Å²) in [7, 11) is 0. The number of nitrogens with one attached hydrogen (secondary N) is 1. The fourth-order valence-electron chi connectivity index (χ4n) is 2.04. The van der Waals surface area contributed by atoms with Gasteiger partial charge in [-0.05, 0) is 24.5 Å². The van der Waals surface area contributed by atoms with E-state index in [1.807, 2.05) is 0 Å². The molecule has 0 aliphatic carbocycles. The molecule has 0 fully saturated rings. The molecule has 0 saturated heterocycles. The topological polar surface area (TPSA) is 105 Å². The number of carboxylic acids is 1. The Hall–Kier alpha value is -2.70. The monoisotopic (exact) mass is 331 g/mol. The van der Waals surface area contributed by atoms with Crippen LogP contribution in [0, 0.1) is 5.41 Å². The Morgan fingerprint density at radius 3 is 2.67 bits per heavy atom. The minimum absolute atomic E-state index is 0.0263. The average molecular weight is 331 g/mol. The van der Waals surface area contributed by atoms with E-state index >= 15 is 0 Å². The molecular weight excluding hydrogens is 310 g/mol. The van der Waals surface area contributed by atoms with Crippen LogP contribution >= 0.6 is 0 Å². The second-order valence-corrected chi connectivity index (χ2v) is 6.86. The number of amides is 1. The first-order valence-corrected chi connectivity index (χ1v) is 7.62. The van der Waals surface area contributed by atoms with Crippen molar-refractivity contribution in [1.82, 2.24) is 15.5 Å². The third-order valence-corrected chi connectivity index (χ3v) is 3.25. The predicted molar refractivity (Wildman–Crippen MR) is 87.5 cm³/mol. The van der Waals surface area contributed by atoms with Crippen LogP contribution in [0.25, 0.3) is 11.4 Å². The molecule has 0 aliphatic rings. The quantitative estimate of drug-likeness (QED) is 0.872. The molecule has 0 unspecified atom stereocenters. The second-order valence-electron chi connectivity index (χ2n) is 6.86. The maximum Gasteiger partial charge on any atom is 0.325 e. The van der Waals surface area contributed by atoms with Gasteiger partial charge in [0.15, 0.2) is 0 Å². The summed E-state index contributed by atoms with van der Waals surface area (Å²) >= 11 is 0. The van der Waals surface area contributed by atoms with Crippen LogP contribution < -0.4 is 5.32 Å². The Labute approximate surface area is 140 Å². The van der Waals surface area contributed by atoms with Crippen molar-refractivity contribution in [2.24, 2.45) is 5.41 Å². The zero-order chi connectivity index (χ0) is 17.9. The van der Waals surface area contributed by atoms with Crippen molar-refractivity contribution in [3.63, 3.8) is 0 Å².